The van der Waals surface area contributed by atoms with Gasteiger partial charge in [-0.25, -0.2) is 18.2 Å². The van der Waals surface area contributed by atoms with E-state index in [0.29, 0.717) is 13.0 Å². The Kier molecular flexibility index (Phi) is 7.96. The Hall–Kier alpha value is -3.73. The van der Waals surface area contributed by atoms with Crippen molar-refractivity contribution in [3.8, 4) is 23.0 Å². The molecule has 47 heavy (non-hydrogen) atoms. The molecular weight excluding hydrogens is 650 g/mol. The molecule has 7 rings (SSSR count). The summed E-state index contributed by atoms with van der Waals surface area (Å²) in [4.78, 5) is 16.2. The number of ether oxygens (including phenoxy) is 2. The molecule has 3 aliphatic heterocycles. The number of nitrogens with two attached hydrogens (primary N) is 1. The van der Waals surface area contributed by atoms with Gasteiger partial charge in [-0.3, -0.25) is 9.80 Å². The van der Waals surface area contributed by atoms with Crippen LogP contribution in [0.4, 0.5) is 31.5 Å². The minimum absolute atomic E-state index is 0.00598. The first-order valence-electron chi connectivity index (χ1n) is 15.0. The van der Waals surface area contributed by atoms with Gasteiger partial charge < -0.3 is 20.3 Å². The van der Waals surface area contributed by atoms with Crippen LogP contribution in [-0.4, -0.2) is 92.9 Å². The number of likely N-dealkylation sites (tertiary alicyclic amines) is 1. The molecule has 0 spiro atoms. The van der Waals surface area contributed by atoms with Crippen LogP contribution in [-0.2, 0) is 6.18 Å². The van der Waals surface area contributed by atoms with Crippen molar-refractivity contribution in [3.05, 3.63) is 48.3 Å². The van der Waals surface area contributed by atoms with Crippen LogP contribution in [0, 0.1) is 5.82 Å². The van der Waals surface area contributed by atoms with Gasteiger partial charge >= 0.3 is 12.2 Å². The second kappa shape index (κ2) is 11.8. The summed E-state index contributed by atoms with van der Waals surface area (Å²) in [6.07, 6.45) is -6.89. The third-order valence-corrected chi connectivity index (χ3v) is 10.1. The average molecular weight is 681 g/mol. The molecule has 5 heterocycles. The Morgan fingerprint density at radius 1 is 1.15 bits per heavy atom. The molecule has 5 atom stereocenters. The summed E-state index contributed by atoms with van der Waals surface area (Å²) in [6, 6.07) is 3.94. The number of hydrogen-bond donors (Lipinski definition) is 2. The summed E-state index contributed by atoms with van der Waals surface area (Å²) >= 11 is 0.807. The van der Waals surface area contributed by atoms with Crippen molar-refractivity contribution in [3.63, 3.8) is 0 Å². The number of alkyl halides is 5. The topological polar surface area (TPSA) is 110 Å². The first-order valence-corrected chi connectivity index (χ1v) is 15.8. The van der Waals surface area contributed by atoms with Crippen LogP contribution in [0.3, 0.4) is 0 Å². The number of aliphatic hydroxyl groups is 1. The number of nitrogens with zero attached hydrogens (tertiary/aromatic N) is 5. The van der Waals surface area contributed by atoms with Gasteiger partial charge in [0.25, 0.3) is 0 Å². The fourth-order valence-electron chi connectivity index (χ4n) is 6.98. The highest BCUT2D eigenvalue weighted by atomic mass is 32.1. The lowest BCUT2D eigenvalue weighted by atomic mass is 9.95. The van der Waals surface area contributed by atoms with Gasteiger partial charge in [-0.05, 0) is 55.3 Å². The highest BCUT2D eigenvalue weighted by Gasteiger charge is 2.49. The number of benzene rings is 2. The zero-order chi connectivity index (χ0) is 33.2. The van der Waals surface area contributed by atoms with Crippen LogP contribution in [0.5, 0.6) is 11.9 Å². The number of aliphatic hydroxyl groups excluding tert-OH is 1. The Labute approximate surface area is 268 Å². The molecule has 16 heteroatoms. The van der Waals surface area contributed by atoms with Crippen LogP contribution in [0.15, 0.2) is 36.9 Å². The van der Waals surface area contributed by atoms with Crippen molar-refractivity contribution in [2.75, 3.05) is 38.5 Å². The van der Waals surface area contributed by atoms with Gasteiger partial charge in [0.2, 0.25) is 5.88 Å². The average Bonchev–Trinajstić information content (AvgIpc) is 3.77. The van der Waals surface area contributed by atoms with Gasteiger partial charge in [0.15, 0.2) is 11.3 Å². The molecule has 3 aliphatic rings. The fourth-order valence-corrected chi connectivity index (χ4v) is 7.74. The van der Waals surface area contributed by atoms with E-state index in [4.69, 9.17) is 15.2 Å². The second-order valence-corrected chi connectivity index (χ2v) is 13.2. The van der Waals surface area contributed by atoms with Gasteiger partial charge in [-0.1, -0.05) is 17.9 Å². The van der Waals surface area contributed by atoms with Crippen LogP contribution in [0.25, 0.3) is 32.2 Å². The van der Waals surface area contributed by atoms with Gasteiger partial charge in [0.05, 0.1) is 32.2 Å². The van der Waals surface area contributed by atoms with E-state index in [2.05, 4.69) is 21.5 Å². The molecule has 0 saturated carbocycles. The minimum Gasteiger partial charge on any atom is -0.469 e. The number of aromatic nitrogens is 3. The van der Waals surface area contributed by atoms with Crippen molar-refractivity contribution >= 4 is 37.6 Å². The molecule has 0 bridgehead atoms. The summed E-state index contributed by atoms with van der Waals surface area (Å²) in [5.74, 6) is -1.04. The molecule has 0 amide bonds. The molecule has 250 valence electrons. The zero-order valence-corrected chi connectivity index (χ0v) is 25.6. The molecule has 0 radical (unpaired) electrons. The lowest BCUT2D eigenvalue weighted by Gasteiger charge is -2.30. The van der Waals surface area contributed by atoms with Crippen LogP contribution in [0.1, 0.15) is 24.8 Å². The fraction of sp³-hybridized carbons (Fsp3) is 0.452. The maximum atomic E-state index is 15.1. The molecule has 3 N–H and O–H groups in total. The van der Waals surface area contributed by atoms with Crippen LogP contribution >= 0.6 is 11.3 Å². The summed E-state index contributed by atoms with van der Waals surface area (Å²) in [5, 5.41) is 9.95. The van der Waals surface area contributed by atoms with E-state index < -0.39 is 47.8 Å². The molecule has 2 aromatic carbocycles. The molecule has 2 aromatic heterocycles. The monoisotopic (exact) mass is 680 g/mol. The molecular formula is C31H30F6N6O3S. The van der Waals surface area contributed by atoms with Gasteiger partial charge in [0, 0.05) is 31.6 Å². The van der Waals surface area contributed by atoms with Gasteiger partial charge in [0.1, 0.15) is 30.9 Å². The zero-order valence-electron chi connectivity index (χ0n) is 24.8. The first-order chi connectivity index (χ1) is 22.3. The predicted molar refractivity (Wildman–Crippen MR) is 163 cm³/mol. The Morgan fingerprint density at radius 3 is 2.72 bits per heavy atom. The smallest absolute Gasteiger partial charge is 0.417 e. The van der Waals surface area contributed by atoms with E-state index in [9.17, 15) is 27.1 Å². The van der Waals surface area contributed by atoms with E-state index in [1.165, 1.54) is 17.0 Å². The van der Waals surface area contributed by atoms with Crippen molar-refractivity contribution < 1.29 is 40.9 Å². The normalized spacial score (nSPS) is 25.9. The minimum atomic E-state index is -4.91. The van der Waals surface area contributed by atoms with E-state index >= 15 is 4.39 Å². The summed E-state index contributed by atoms with van der Waals surface area (Å²) in [5.41, 5.74) is 3.66. The van der Waals surface area contributed by atoms with E-state index in [0.717, 1.165) is 36.0 Å². The summed E-state index contributed by atoms with van der Waals surface area (Å²) in [6.45, 7) is 4.21. The Morgan fingerprint density at radius 2 is 1.96 bits per heavy atom. The van der Waals surface area contributed by atoms with Crippen molar-refractivity contribution in [1.29, 1.82) is 0 Å². The van der Waals surface area contributed by atoms with Crippen molar-refractivity contribution in [2.45, 2.75) is 55.7 Å². The van der Waals surface area contributed by atoms with E-state index in [-0.39, 0.29) is 81.9 Å². The number of nitrogen functional groups attached to an aromatic ring is 1. The van der Waals surface area contributed by atoms with Gasteiger partial charge in [-0.2, -0.15) is 23.1 Å². The maximum Gasteiger partial charge on any atom is 0.417 e. The number of fused-ring (bicyclic) bond motifs is 3. The number of hydrogen-bond acceptors (Lipinski definition) is 10. The largest absolute Gasteiger partial charge is 0.469 e. The predicted octanol–water partition coefficient (Wildman–Crippen LogP) is 5.51. The maximum absolute atomic E-state index is 15.1. The van der Waals surface area contributed by atoms with E-state index in [1.54, 1.807) is 0 Å². The highest BCUT2D eigenvalue weighted by molar-refractivity contribution is 7.22. The second-order valence-electron chi connectivity index (χ2n) is 12.2. The van der Waals surface area contributed by atoms with E-state index in [1.807, 2.05) is 4.90 Å². The molecule has 4 aromatic rings. The third-order valence-electron chi connectivity index (χ3n) is 9.19. The van der Waals surface area contributed by atoms with Crippen LogP contribution < -0.4 is 15.2 Å². The lowest BCUT2D eigenvalue weighted by molar-refractivity contribution is -0.137. The lowest BCUT2D eigenvalue weighted by Crippen LogP contribution is -2.43. The molecule has 0 aliphatic carbocycles. The summed E-state index contributed by atoms with van der Waals surface area (Å²) in [7, 11) is 0. The number of anilines is 1. The summed E-state index contributed by atoms with van der Waals surface area (Å²) < 4.78 is 100. The first kappa shape index (κ1) is 31.8. The quantitative estimate of drug-likeness (QED) is 0.184. The standard InChI is InChI=1S/C31H30F6N6O3S/c1-2-24(44)42-12-21(34)23(13-42)46-27-18-8-19(31(35,36)37)17(16-4-5-20(33)26-25(16)40-28(38)47-26)9-22(18)39-29(41-27)45-14-30-6-3-7-43(30)11-15(32)10-30/h2,4-5,8-9,15,21,23-24,44H,1,3,6-7,10-14H2,(H2,38,40)/t15-,21+,23+,24?,30?/m1/s1. The molecule has 9 nitrogen and oxygen atoms in total. The number of rotatable bonds is 8. The highest BCUT2D eigenvalue weighted by Crippen LogP contribution is 2.45. The molecule has 2 unspecified atom stereocenters. The van der Waals surface area contributed by atoms with Crippen molar-refractivity contribution in [1.82, 2.24) is 24.8 Å². The Bertz CT molecular complexity index is 1860. The van der Waals surface area contributed by atoms with Crippen LogP contribution in [0.2, 0.25) is 0 Å². The van der Waals surface area contributed by atoms with Crippen molar-refractivity contribution in [2.24, 2.45) is 0 Å². The third kappa shape index (κ3) is 5.74. The Balaban J connectivity index is 1.35. The SMILES string of the molecule is C=CC(O)N1C[C@H](Oc2nc(OCC34CCCN3C[C@H](F)C4)nc3cc(-c4ccc(F)c5sc(N)nc45)c(C(F)(F)F)cc23)[C@@H](F)C1. The molecule has 3 fully saturated rings. The number of halogens is 6. The number of thiazole rings is 1. The van der Waals surface area contributed by atoms with Gasteiger partial charge in [-0.15, -0.1) is 0 Å². The molecule has 3 saturated heterocycles.